The number of thioether (sulfide) groups is 2. The Bertz CT molecular complexity index is 1060. The minimum Gasteiger partial charge on any atom is -0.317 e. The summed E-state index contributed by atoms with van der Waals surface area (Å²) in [4.78, 5) is 28.4. The molecule has 0 spiro atoms. The van der Waals surface area contributed by atoms with E-state index in [1.807, 2.05) is 60.2 Å². The molecule has 0 saturated heterocycles. The maximum Gasteiger partial charge on any atom is 0.266 e. The SMILES string of the molecule is CSCC[C@H](C=O)NNC(=O)c1ccc(CSC(=S)Nc2nccs2)cc1-c1ccccc1. The van der Waals surface area contributed by atoms with Gasteiger partial charge in [-0.1, -0.05) is 60.4 Å². The maximum absolute atomic E-state index is 13.0. The first-order valence-electron chi connectivity index (χ1n) is 10.1. The summed E-state index contributed by atoms with van der Waals surface area (Å²) in [6, 6.07) is 15.1. The molecule has 172 valence electrons. The second kappa shape index (κ2) is 13.5. The summed E-state index contributed by atoms with van der Waals surface area (Å²) in [6.07, 6.45) is 5.17. The molecular weight excluding hydrogens is 493 g/mol. The molecule has 10 heteroatoms. The molecule has 0 saturated carbocycles. The van der Waals surface area contributed by atoms with E-state index in [0.717, 1.165) is 33.9 Å². The molecule has 1 aromatic heterocycles. The van der Waals surface area contributed by atoms with E-state index < -0.39 is 6.04 Å². The molecule has 1 atom stereocenters. The van der Waals surface area contributed by atoms with Gasteiger partial charge in [0.2, 0.25) is 0 Å². The number of carbonyl (C=O) groups excluding carboxylic acids is 2. The Hall–Kier alpha value is -2.24. The van der Waals surface area contributed by atoms with Gasteiger partial charge >= 0.3 is 0 Å². The Morgan fingerprint density at radius 3 is 2.76 bits per heavy atom. The number of aldehydes is 1. The van der Waals surface area contributed by atoms with Crippen molar-refractivity contribution < 1.29 is 9.59 Å². The number of benzene rings is 2. The van der Waals surface area contributed by atoms with Crippen molar-refractivity contribution in [3.05, 3.63) is 71.2 Å². The van der Waals surface area contributed by atoms with Crippen LogP contribution in [0.5, 0.6) is 0 Å². The smallest absolute Gasteiger partial charge is 0.266 e. The number of nitrogens with zero attached hydrogens (tertiary/aromatic N) is 1. The number of nitrogens with one attached hydrogen (secondary N) is 3. The van der Waals surface area contributed by atoms with Gasteiger partial charge in [0, 0.05) is 22.9 Å². The Balaban J connectivity index is 1.72. The van der Waals surface area contributed by atoms with Gasteiger partial charge in [-0.3, -0.25) is 10.2 Å². The number of thiocarbonyl (C=S) groups is 1. The fourth-order valence-corrected chi connectivity index (χ4v) is 5.01. The number of hydrogen-bond acceptors (Lipinski definition) is 8. The van der Waals surface area contributed by atoms with Gasteiger partial charge in [0.05, 0.1) is 6.04 Å². The Kier molecular flexibility index (Phi) is 10.4. The van der Waals surface area contributed by atoms with Crippen molar-refractivity contribution in [2.75, 3.05) is 17.3 Å². The topological polar surface area (TPSA) is 83.1 Å². The summed E-state index contributed by atoms with van der Waals surface area (Å²) in [7, 11) is 0. The monoisotopic (exact) mass is 516 g/mol. The van der Waals surface area contributed by atoms with E-state index in [1.54, 1.807) is 18.0 Å². The Morgan fingerprint density at radius 1 is 1.24 bits per heavy atom. The third-order valence-corrected chi connectivity index (χ3v) is 7.22. The number of hydrazine groups is 1. The highest BCUT2D eigenvalue weighted by molar-refractivity contribution is 8.22. The number of hydrogen-bond donors (Lipinski definition) is 3. The van der Waals surface area contributed by atoms with Crippen molar-refractivity contribution in [1.29, 1.82) is 0 Å². The molecule has 0 aliphatic carbocycles. The number of anilines is 1. The molecule has 3 rings (SSSR count). The summed E-state index contributed by atoms with van der Waals surface area (Å²) in [5.74, 6) is 1.19. The van der Waals surface area contributed by atoms with Crippen molar-refractivity contribution in [2.45, 2.75) is 18.2 Å². The van der Waals surface area contributed by atoms with Gasteiger partial charge in [-0.25, -0.2) is 10.4 Å². The van der Waals surface area contributed by atoms with Gasteiger partial charge in [-0.2, -0.15) is 11.8 Å². The average molecular weight is 517 g/mol. The van der Waals surface area contributed by atoms with Gasteiger partial charge in [0.25, 0.3) is 5.91 Å². The molecule has 0 unspecified atom stereocenters. The summed E-state index contributed by atoms with van der Waals surface area (Å²) in [5, 5.41) is 5.77. The molecule has 0 fully saturated rings. The van der Waals surface area contributed by atoms with Gasteiger partial charge in [-0.05, 0) is 47.3 Å². The molecule has 6 nitrogen and oxygen atoms in total. The van der Waals surface area contributed by atoms with Gasteiger partial charge in [0.1, 0.15) is 10.6 Å². The standard InChI is InChI=1S/C23H24N4O2S4/c1-31-11-9-18(14-28)26-27-21(29)19-8-7-16(13-20(19)17-5-3-2-4-6-17)15-33-23(30)25-22-24-10-12-32-22/h2-8,10,12-14,18,26H,9,11,15H2,1H3,(H,27,29)(H,24,25,30)/t18-/m1/s1. The molecule has 0 aliphatic rings. The summed E-state index contributed by atoms with van der Waals surface area (Å²) >= 11 is 10.1. The molecule has 2 aromatic carbocycles. The lowest BCUT2D eigenvalue weighted by atomic mass is 9.97. The van der Waals surface area contributed by atoms with Crippen molar-refractivity contribution in [1.82, 2.24) is 15.8 Å². The zero-order chi connectivity index (χ0) is 23.5. The van der Waals surface area contributed by atoms with E-state index in [4.69, 9.17) is 12.2 Å². The van der Waals surface area contributed by atoms with Crippen LogP contribution in [0.3, 0.4) is 0 Å². The minimum absolute atomic E-state index is 0.287. The lowest BCUT2D eigenvalue weighted by Crippen LogP contribution is -2.45. The van der Waals surface area contributed by atoms with Crippen LogP contribution in [0.15, 0.2) is 60.1 Å². The highest BCUT2D eigenvalue weighted by atomic mass is 32.2. The van der Waals surface area contributed by atoms with Crippen molar-refractivity contribution in [2.24, 2.45) is 0 Å². The van der Waals surface area contributed by atoms with E-state index in [1.165, 1.54) is 23.1 Å². The van der Waals surface area contributed by atoms with Crippen LogP contribution in [0.2, 0.25) is 0 Å². The van der Waals surface area contributed by atoms with Gasteiger partial charge in [-0.15, -0.1) is 11.3 Å². The maximum atomic E-state index is 13.0. The molecular formula is C23H24N4O2S4. The predicted molar refractivity (Wildman–Crippen MR) is 145 cm³/mol. The first-order chi connectivity index (χ1) is 16.1. The number of aromatic nitrogens is 1. The second-order valence-corrected chi connectivity index (χ2v) is 10.4. The first-order valence-corrected chi connectivity index (χ1v) is 13.8. The summed E-state index contributed by atoms with van der Waals surface area (Å²) in [6.45, 7) is 0. The van der Waals surface area contributed by atoms with E-state index >= 15 is 0 Å². The van der Waals surface area contributed by atoms with Crippen LogP contribution in [-0.4, -0.2) is 39.5 Å². The normalized spacial score (nSPS) is 11.5. The van der Waals surface area contributed by atoms with Crippen molar-refractivity contribution >= 4 is 68.7 Å². The molecule has 3 N–H and O–H groups in total. The summed E-state index contributed by atoms with van der Waals surface area (Å²) < 4.78 is 0.641. The lowest BCUT2D eigenvalue weighted by molar-refractivity contribution is -0.109. The molecule has 33 heavy (non-hydrogen) atoms. The average Bonchev–Trinajstić information content (AvgIpc) is 3.36. The van der Waals surface area contributed by atoms with E-state index in [9.17, 15) is 9.59 Å². The lowest BCUT2D eigenvalue weighted by Gasteiger charge is -2.16. The number of amides is 1. The molecule has 0 bridgehead atoms. The number of thiazole rings is 1. The molecule has 0 aliphatic heterocycles. The van der Waals surface area contributed by atoms with Crippen LogP contribution >= 0.6 is 47.1 Å². The number of carbonyl (C=O) groups is 2. The van der Waals surface area contributed by atoms with Crippen LogP contribution in [0, 0.1) is 0 Å². The van der Waals surface area contributed by atoms with Gasteiger partial charge in [0.15, 0.2) is 5.13 Å². The second-order valence-electron chi connectivity index (χ2n) is 6.91. The van der Waals surface area contributed by atoms with Crippen molar-refractivity contribution in [3.8, 4) is 11.1 Å². The van der Waals surface area contributed by atoms with Gasteiger partial charge < -0.3 is 10.1 Å². The van der Waals surface area contributed by atoms with E-state index in [2.05, 4.69) is 21.2 Å². The van der Waals surface area contributed by atoms with Crippen molar-refractivity contribution in [3.63, 3.8) is 0 Å². The molecule has 3 aromatic rings. The van der Waals surface area contributed by atoms with Crippen LogP contribution in [0.25, 0.3) is 11.1 Å². The third kappa shape index (κ3) is 7.94. The summed E-state index contributed by atoms with van der Waals surface area (Å²) in [5.41, 5.74) is 8.86. The van der Waals surface area contributed by atoms with Crippen LogP contribution in [0.1, 0.15) is 22.3 Å². The molecule has 0 radical (unpaired) electrons. The third-order valence-electron chi connectivity index (χ3n) is 4.59. The quantitative estimate of drug-likeness (QED) is 0.187. The zero-order valence-electron chi connectivity index (χ0n) is 17.9. The van der Waals surface area contributed by atoms with Crippen LogP contribution < -0.4 is 16.2 Å². The fourth-order valence-electron chi connectivity index (χ4n) is 2.94. The highest BCUT2D eigenvalue weighted by Gasteiger charge is 2.16. The van der Waals surface area contributed by atoms with E-state index in [0.29, 0.717) is 22.1 Å². The first kappa shape index (κ1) is 25.4. The molecule has 1 heterocycles. The minimum atomic E-state index is -0.427. The highest BCUT2D eigenvalue weighted by Crippen LogP contribution is 2.27. The zero-order valence-corrected chi connectivity index (χ0v) is 21.2. The predicted octanol–water partition coefficient (Wildman–Crippen LogP) is 5.00. The van der Waals surface area contributed by atoms with Crippen LogP contribution in [-0.2, 0) is 10.5 Å². The van der Waals surface area contributed by atoms with Crippen LogP contribution in [0.4, 0.5) is 5.13 Å². The van der Waals surface area contributed by atoms with E-state index in [-0.39, 0.29) is 5.91 Å². The fraction of sp³-hybridized carbons (Fsp3) is 0.217. The largest absolute Gasteiger partial charge is 0.317 e. The molecule has 1 amide bonds. The number of rotatable bonds is 11. The Morgan fingerprint density at radius 2 is 2.06 bits per heavy atom. The Labute approximate surface area is 211 Å².